The molecule has 14 heavy (non-hydrogen) atoms. The monoisotopic (exact) mass is 216 g/mol. The van der Waals surface area contributed by atoms with E-state index in [0.29, 0.717) is 0 Å². The second-order valence-corrected chi connectivity index (χ2v) is 3.26. The van der Waals surface area contributed by atoms with Crippen LogP contribution in [0.1, 0.15) is 5.82 Å². The molecule has 0 aliphatic carbocycles. The fourth-order valence-corrected chi connectivity index (χ4v) is 0.997. The SMILES string of the molecule is O=C=Cc1nccc(OP(=O)(O)O)n1. The third-order valence-electron chi connectivity index (χ3n) is 1.05. The van der Waals surface area contributed by atoms with E-state index in [0.717, 1.165) is 12.1 Å². The van der Waals surface area contributed by atoms with Gasteiger partial charge >= 0.3 is 7.82 Å². The Balaban J connectivity index is 2.94. The lowest BCUT2D eigenvalue weighted by molar-refractivity contribution is 0.279. The van der Waals surface area contributed by atoms with Gasteiger partial charge in [-0.3, -0.25) is 9.79 Å². The van der Waals surface area contributed by atoms with Gasteiger partial charge < -0.3 is 4.52 Å². The number of phosphoric acid groups is 1. The summed E-state index contributed by atoms with van der Waals surface area (Å²) >= 11 is 0. The molecule has 2 N–H and O–H groups in total. The molecule has 1 rings (SSSR count). The van der Waals surface area contributed by atoms with Crippen molar-refractivity contribution in [3.05, 3.63) is 18.1 Å². The van der Waals surface area contributed by atoms with Gasteiger partial charge in [0.15, 0.2) is 5.82 Å². The first kappa shape index (κ1) is 10.6. The Morgan fingerprint density at radius 2 is 2.29 bits per heavy atom. The summed E-state index contributed by atoms with van der Waals surface area (Å²) in [5.41, 5.74) is 0. The normalized spacial score (nSPS) is 10.4. The van der Waals surface area contributed by atoms with Gasteiger partial charge in [0.05, 0.1) is 6.08 Å². The Morgan fingerprint density at radius 3 is 2.86 bits per heavy atom. The molecule has 0 aliphatic heterocycles. The molecule has 0 fully saturated rings. The van der Waals surface area contributed by atoms with Crippen molar-refractivity contribution in [2.24, 2.45) is 0 Å². The van der Waals surface area contributed by atoms with E-state index in [-0.39, 0.29) is 11.7 Å². The van der Waals surface area contributed by atoms with E-state index in [1.165, 1.54) is 12.1 Å². The zero-order chi connectivity index (χ0) is 10.6. The number of aromatic nitrogens is 2. The van der Waals surface area contributed by atoms with Crippen LogP contribution in [0, 0.1) is 0 Å². The molecule has 1 aromatic heterocycles. The lowest BCUT2D eigenvalue weighted by atomic mass is 10.5. The van der Waals surface area contributed by atoms with E-state index in [1.807, 2.05) is 0 Å². The average molecular weight is 216 g/mol. The molecule has 74 valence electrons. The largest absolute Gasteiger partial charge is 0.526 e. The van der Waals surface area contributed by atoms with E-state index in [9.17, 15) is 9.36 Å². The van der Waals surface area contributed by atoms with Gasteiger partial charge in [0, 0.05) is 12.3 Å². The van der Waals surface area contributed by atoms with Crippen molar-refractivity contribution < 1.29 is 23.7 Å². The van der Waals surface area contributed by atoms with Crippen molar-refractivity contribution in [2.75, 3.05) is 0 Å². The molecule has 0 spiro atoms. The van der Waals surface area contributed by atoms with Gasteiger partial charge in [-0.2, -0.15) is 4.98 Å². The van der Waals surface area contributed by atoms with Crippen molar-refractivity contribution in [3.8, 4) is 5.88 Å². The maximum absolute atomic E-state index is 10.4. The van der Waals surface area contributed by atoms with Crippen LogP contribution in [0.5, 0.6) is 5.88 Å². The van der Waals surface area contributed by atoms with Crippen molar-refractivity contribution in [3.63, 3.8) is 0 Å². The average Bonchev–Trinajstić information content (AvgIpc) is 2.02. The highest BCUT2D eigenvalue weighted by molar-refractivity contribution is 7.46. The fourth-order valence-electron chi connectivity index (χ4n) is 0.651. The third-order valence-corrected chi connectivity index (χ3v) is 1.47. The maximum atomic E-state index is 10.4. The Hall–Kier alpha value is -1.52. The Labute approximate surface area is 78.3 Å². The molecular formula is C6H5N2O5P. The van der Waals surface area contributed by atoms with Crippen LogP contribution >= 0.6 is 7.82 Å². The first-order valence-corrected chi connectivity index (χ1v) is 4.83. The molecule has 0 atom stereocenters. The molecule has 1 aromatic rings. The highest BCUT2D eigenvalue weighted by Gasteiger charge is 2.16. The highest BCUT2D eigenvalue weighted by atomic mass is 31.2. The first-order valence-electron chi connectivity index (χ1n) is 3.30. The van der Waals surface area contributed by atoms with E-state index >= 15 is 0 Å². The van der Waals surface area contributed by atoms with Crippen LogP contribution in [0.15, 0.2) is 12.3 Å². The quantitative estimate of drug-likeness (QED) is 0.531. The number of hydrogen-bond acceptors (Lipinski definition) is 5. The third kappa shape index (κ3) is 3.47. The van der Waals surface area contributed by atoms with Crippen LogP contribution in [0.2, 0.25) is 0 Å². The lowest BCUT2D eigenvalue weighted by Gasteiger charge is -2.04. The number of hydrogen-bond donors (Lipinski definition) is 2. The predicted octanol–water partition coefficient (Wildman–Crippen LogP) is -0.207. The van der Waals surface area contributed by atoms with Gasteiger partial charge in [0.2, 0.25) is 5.88 Å². The van der Waals surface area contributed by atoms with E-state index in [1.54, 1.807) is 0 Å². The molecule has 0 bridgehead atoms. The van der Waals surface area contributed by atoms with Crippen LogP contribution < -0.4 is 4.52 Å². The maximum Gasteiger partial charge on any atom is 0.526 e. The van der Waals surface area contributed by atoms with Crippen LogP contribution in [-0.2, 0) is 9.36 Å². The molecule has 7 nitrogen and oxygen atoms in total. The van der Waals surface area contributed by atoms with E-state index in [2.05, 4.69) is 14.5 Å². The lowest BCUT2D eigenvalue weighted by Crippen LogP contribution is -1.95. The summed E-state index contributed by atoms with van der Waals surface area (Å²) in [6.45, 7) is 0. The zero-order valence-electron chi connectivity index (χ0n) is 6.69. The number of phosphoric ester groups is 1. The Kier molecular flexibility index (Phi) is 3.11. The molecule has 0 saturated carbocycles. The molecule has 0 aromatic carbocycles. The Bertz CT molecular complexity index is 422. The molecule has 1 heterocycles. The standard InChI is InChI=1S/C6H5N2O5P/c9-4-2-5-7-3-1-6(8-5)13-14(10,11)12/h1-3H,(H2,10,11,12). The second kappa shape index (κ2) is 4.13. The minimum Gasteiger partial charge on any atom is -0.386 e. The minimum atomic E-state index is -4.63. The van der Waals surface area contributed by atoms with E-state index < -0.39 is 7.82 Å². The Morgan fingerprint density at radius 1 is 1.57 bits per heavy atom. The molecular weight excluding hydrogens is 211 g/mol. The molecule has 8 heteroatoms. The van der Waals surface area contributed by atoms with Gasteiger partial charge in [0.25, 0.3) is 0 Å². The first-order chi connectivity index (χ1) is 6.51. The smallest absolute Gasteiger partial charge is 0.386 e. The van der Waals surface area contributed by atoms with Crippen LogP contribution in [-0.4, -0.2) is 25.7 Å². The summed E-state index contributed by atoms with van der Waals surface area (Å²) in [6, 6.07) is 1.15. The summed E-state index contributed by atoms with van der Waals surface area (Å²) in [5.74, 6) is 1.08. The van der Waals surface area contributed by atoms with Crippen molar-refractivity contribution in [2.45, 2.75) is 0 Å². The van der Waals surface area contributed by atoms with Crippen LogP contribution in [0.25, 0.3) is 6.08 Å². The minimum absolute atomic E-state index is 0.0362. The van der Waals surface area contributed by atoms with Gasteiger partial charge in [-0.1, -0.05) is 0 Å². The summed E-state index contributed by atoms with van der Waals surface area (Å²) in [5, 5.41) is 0. The molecule has 0 unspecified atom stereocenters. The number of carbonyl (C=O) groups excluding carboxylic acids is 1. The van der Waals surface area contributed by atoms with Crippen molar-refractivity contribution in [1.29, 1.82) is 0 Å². The molecule has 0 amide bonds. The van der Waals surface area contributed by atoms with Crippen LogP contribution in [0.4, 0.5) is 0 Å². The van der Waals surface area contributed by atoms with Gasteiger partial charge in [0.1, 0.15) is 5.94 Å². The summed E-state index contributed by atoms with van der Waals surface area (Å²) in [4.78, 5) is 33.9. The molecule has 0 aliphatic rings. The summed E-state index contributed by atoms with van der Waals surface area (Å²) in [7, 11) is -4.63. The van der Waals surface area contributed by atoms with Gasteiger partial charge in [-0.05, 0) is 0 Å². The van der Waals surface area contributed by atoms with E-state index in [4.69, 9.17) is 9.79 Å². The molecule has 0 saturated heterocycles. The zero-order valence-corrected chi connectivity index (χ0v) is 7.59. The molecule has 0 radical (unpaired) electrons. The van der Waals surface area contributed by atoms with Gasteiger partial charge in [-0.15, -0.1) is 0 Å². The predicted molar refractivity (Wildman–Crippen MR) is 44.9 cm³/mol. The van der Waals surface area contributed by atoms with Crippen molar-refractivity contribution >= 4 is 19.8 Å². The summed E-state index contributed by atoms with van der Waals surface area (Å²) < 4.78 is 14.5. The number of rotatable bonds is 3. The summed E-state index contributed by atoms with van der Waals surface area (Å²) in [6.07, 6.45) is 2.10. The topological polar surface area (TPSA) is 110 Å². The van der Waals surface area contributed by atoms with Crippen molar-refractivity contribution in [1.82, 2.24) is 9.97 Å². The second-order valence-electron chi connectivity index (χ2n) is 2.10. The van der Waals surface area contributed by atoms with Gasteiger partial charge in [-0.25, -0.2) is 14.3 Å². The number of nitrogens with zero attached hydrogens (tertiary/aromatic N) is 2. The van der Waals surface area contributed by atoms with Crippen LogP contribution in [0.3, 0.4) is 0 Å². The fraction of sp³-hybridized carbons (Fsp3) is 0. The highest BCUT2D eigenvalue weighted by Crippen LogP contribution is 2.36.